The smallest absolute Gasteiger partial charge is 0.335 e. The molecule has 1 aliphatic rings. The van der Waals surface area contributed by atoms with Crippen LogP contribution < -0.4 is 10.2 Å². The van der Waals surface area contributed by atoms with E-state index in [9.17, 15) is 18.8 Å². The Morgan fingerprint density at radius 2 is 1.62 bits per heavy atom. The highest BCUT2D eigenvalue weighted by Gasteiger charge is 2.36. The van der Waals surface area contributed by atoms with Gasteiger partial charge in [0.05, 0.1) is 5.69 Å². The summed E-state index contributed by atoms with van der Waals surface area (Å²) >= 11 is 0. The van der Waals surface area contributed by atoms with Gasteiger partial charge in [0.1, 0.15) is 11.4 Å². The molecule has 0 saturated carbocycles. The van der Waals surface area contributed by atoms with Crippen LogP contribution in [0, 0.1) is 5.82 Å². The molecule has 4 aromatic rings. The largest absolute Gasteiger partial charge is 0.341 e. The van der Waals surface area contributed by atoms with Crippen LogP contribution in [0.2, 0.25) is 0 Å². The van der Waals surface area contributed by atoms with Crippen molar-refractivity contribution in [2.75, 3.05) is 4.90 Å². The molecular weight excluding hydrogens is 409 g/mol. The summed E-state index contributed by atoms with van der Waals surface area (Å²) in [5.41, 5.74) is 2.82. The van der Waals surface area contributed by atoms with E-state index in [0.717, 1.165) is 45.4 Å². The molecule has 0 aliphatic carbocycles. The van der Waals surface area contributed by atoms with E-state index in [1.165, 1.54) is 18.2 Å². The van der Waals surface area contributed by atoms with Crippen molar-refractivity contribution in [1.29, 1.82) is 0 Å². The molecule has 6 nitrogen and oxygen atoms in total. The zero-order valence-electron chi connectivity index (χ0n) is 17.1. The number of imide groups is 2. The Balaban J connectivity index is 1.60. The maximum atomic E-state index is 13.3. The van der Waals surface area contributed by atoms with Gasteiger partial charge in [0, 0.05) is 28.4 Å². The molecule has 0 bridgehead atoms. The van der Waals surface area contributed by atoms with Crippen LogP contribution in [0.4, 0.5) is 14.9 Å². The topological polar surface area (TPSA) is 71.4 Å². The van der Waals surface area contributed by atoms with E-state index >= 15 is 0 Å². The predicted octanol–water partition coefficient (Wildman–Crippen LogP) is 4.62. The molecule has 32 heavy (non-hydrogen) atoms. The summed E-state index contributed by atoms with van der Waals surface area (Å²) in [5, 5.41) is 4.27. The SMILES string of the molecule is CCn1c2ccccc2c2cc(/C=C3\C(=O)NC(=O)N(c4ccc(F)cc4)C3=O)ccc21. The van der Waals surface area contributed by atoms with Crippen LogP contribution in [-0.4, -0.2) is 22.4 Å². The molecule has 158 valence electrons. The van der Waals surface area contributed by atoms with Gasteiger partial charge < -0.3 is 4.57 Å². The Morgan fingerprint density at radius 3 is 2.38 bits per heavy atom. The highest BCUT2D eigenvalue weighted by Crippen LogP contribution is 2.30. The number of nitrogens with one attached hydrogen (secondary N) is 1. The first-order valence-electron chi connectivity index (χ1n) is 10.2. The normalized spacial score (nSPS) is 15.8. The minimum Gasteiger partial charge on any atom is -0.341 e. The van der Waals surface area contributed by atoms with E-state index < -0.39 is 23.7 Å². The van der Waals surface area contributed by atoms with Crippen molar-refractivity contribution in [2.45, 2.75) is 13.5 Å². The molecule has 1 aromatic heterocycles. The Hall–Kier alpha value is -4.26. The second-order valence-electron chi connectivity index (χ2n) is 7.47. The van der Waals surface area contributed by atoms with Crippen LogP contribution in [-0.2, 0) is 16.1 Å². The molecule has 3 aromatic carbocycles. The number of fused-ring (bicyclic) bond motifs is 3. The predicted molar refractivity (Wildman–Crippen MR) is 121 cm³/mol. The number of barbiturate groups is 1. The lowest BCUT2D eigenvalue weighted by molar-refractivity contribution is -0.122. The van der Waals surface area contributed by atoms with Crippen molar-refractivity contribution in [3.05, 3.63) is 83.7 Å². The number of para-hydroxylation sites is 1. The van der Waals surface area contributed by atoms with Gasteiger partial charge >= 0.3 is 6.03 Å². The number of carbonyl (C=O) groups is 3. The molecule has 2 heterocycles. The highest BCUT2D eigenvalue weighted by molar-refractivity contribution is 6.39. The monoisotopic (exact) mass is 427 g/mol. The third-order valence-corrected chi connectivity index (χ3v) is 5.61. The fourth-order valence-corrected chi connectivity index (χ4v) is 4.15. The summed E-state index contributed by atoms with van der Waals surface area (Å²) in [6.45, 7) is 2.88. The van der Waals surface area contributed by atoms with Crippen molar-refractivity contribution in [2.24, 2.45) is 0 Å². The molecule has 0 atom stereocenters. The van der Waals surface area contributed by atoms with Gasteiger partial charge in [0.25, 0.3) is 11.8 Å². The highest BCUT2D eigenvalue weighted by atomic mass is 19.1. The summed E-state index contributed by atoms with van der Waals surface area (Å²) in [6.07, 6.45) is 1.47. The average Bonchev–Trinajstić information content (AvgIpc) is 3.11. The van der Waals surface area contributed by atoms with E-state index in [4.69, 9.17) is 0 Å². The van der Waals surface area contributed by atoms with Gasteiger partial charge in [-0.2, -0.15) is 0 Å². The molecule has 0 unspecified atom stereocenters. The minimum atomic E-state index is -0.870. The number of hydrogen-bond donors (Lipinski definition) is 1. The van der Waals surface area contributed by atoms with Gasteiger partial charge in [-0.3, -0.25) is 14.9 Å². The first-order valence-corrected chi connectivity index (χ1v) is 10.2. The summed E-state index contributed by atoms with van der Waals surface area (Å²) in [5.74, 6) is -2.03. The number of hydrogen-bond acceptors (Lipinski definition) is 3. The number of halogens is 1. The Kier molecular flexibility index (Phi) is 4.59. The second-order valence-corrected chi connectivity index (χ2v) is 7.47. The van der Waals surface area contributed by atoms with E-state index in [-0.39, 0.29) is 11.3 Å². The fourth-order valence-electron chi connectivity index (χ4n) is 4.15. The van der Waals surface area contributed by atoms with Gasteiger partial charge in [-0.15, -0.1) is 0 Å². The molecule has 1 aliphatic heterocycles. The number of anilines is 1. The Morgan fingerprint density at radius 1 is 0.906 bits per heavy atom. The van der Waals surface area contributed by atoms with Crippen LogP contribution in [0.25, 0.3) is 27.9 Å². The number of aromatic nitrogens is 1. The summed E-state index contributed by atoms with van der Waals surface area (Å²) < 4.78 is 15.5. The molecule has 7 heteroatoms. The summed E-state index contributed by atoms with van der Waals surface area (Å²) in [7, 11) is 0. The zero-order valence-corrected chi connectivity index (χ0v) is 17.1. The lowest BCUT2D eigenvalue weighted by Gasteiger charge is -2.26. The third-order valence-electron chi connectivity index (χ3n) is 5.61. The van der Waals surface area contributed by atoms with Crippen molar-refractivity contribution < 1.29 is 18.8 Å². The van der Waals surface area contributed by atoms with Crippen molar-refractivity contribution >= 4 is 51.4 Å². The number of aryl methyl sites for hydroxylation is 1. The third kappa shape index (κ3) is 3.06. The molecule has 1 saturated heterocycles. The summed E-state index contributed by atoms with van der Waals surface area (Å²) in [4.78, 5) is 38.6. The number of carbonyl (C=O) groups excluding carboxylic acids is 3. The van der Waals surface area contributed by atoms with Gasteiger partial charge in [-0.05, 0) is 61.0 Å². The maximum Gasteiger partial charge on any atom is 0.335 e. The fraction of sp³-hybridized carbons (Fsp3) is 0.0800. The average molecular weight is 427 g/mol. The first kappa shape index (κ1) is 19.7. The Labute approximate surface area is 182 Å². The molecule has 5 rings (SSSR count). The molecular formula is C25H18FN3O3. The standard InChI is InChI=1S/C25H18FN3O3/c1-2-28-21-6-4-3-5-18(21)19-13-15(7-12-22(19)28)14-20-23(30)27-25(32)29(24(20)31)17-10-8-16(26)9-11-17/h3-14H,2H2,1H3,(H,27,30,32)/b20-14+. The molecule has 1 N–H and O–H groups in total. The van der Waals surface area contributed by atoms with E-state index in [2.05, 4.69) is 22.9 Å². The van der Waals surface area contributed by atoms with Crippen molar-refractivity contribution in [1.82, 2.24) is 9.88 Å². The van der Waals surface area contributed by atoms with Gasteiger partial charge in [0.15, 0.2) is 0 Å². The van der Waals surface area contributed by atoms with Gasteiger partial charge in [-0.25, -0.2) is 14.1 Å². The van der Waals surface area contributed by atoms with Gasteiger partial charge in [0.2, 0.25) is 0 Å². The quantitative estimate of drug-likeness (QED) is 0.383. The minimum absolute atomic E-state index is 0.174. The van der Waals surface area contributed by atoms with Crippen LogP contribution >= 0.6 is 0 Å². The zero-order chi connectivity index (χ0) is 22.4. The maximum absolute atomic E-state index is 13.3. The van der Waals surface area contributed by atoms with Gasteiger partial charge in [-0.1, -0.05) is 24.3 Å². The van der Waals surface area contributed by atoms with Crippen LogP contribution in [0.3, 0.4) is 0 Å². The summed E-state index contributed by atoms with van der Waals surface area (Å²) in [6, 6.07) is 17.8. The number of rotatable bonds is 3. The van der Waals surface area contributed by atoms with E-state index in [1.807, 2.05) is 36.4 Å². The van der Waals surface area contributed by atoms with Crippen LogP contribution in [0.15, 0.2) is 72.3 Å². The first-order chi connectivity index (χ1) is 15.5. The van der Waals surface area contributed by atoms with Crippen molar-refractivity contribution in [3.8, 4) is 0 Å². The number of benzene rings is 3. The van der Waals surface area contributed by atoms with Crippen LogP contribution in [0.1, 0.15) is 12.5 Å². The molecule has 4 amide bonds. The Bertz CT molecular complexity index is 1450. The van der Waals surface area contributed by atoms with E-state index in [0.29, 0.717) is 5.56 Å². The number of nitrogens with zero attached hydrogens (tertiary/aromatic N) is 2. The number of amides is 4. The van der Waals surface area contributed by atoms with Crippen molar-refractivity contribution in [3.63, 3.8) is 0 Å². The lowest BCUT2D eigenvalue weighted by Crippen LogP contribution is -2.54. The second kappa shape index (κ2) is 7.46. The van der Waals surface area contributed by atoms with Crippen LogP contribution in [0.5, 0.6) is 0 Å². The lowest BCUT2D eigenvalue weighted by atomic mass is 10.0. The number of urea groups is 1. The molecule has 0 spiro atoms. The van der Waals surface area contributed by atoms with E-state index in [1.54, 1.807) is 0 Å². The molecule has 1 fully saturated rings. The molecule has 0 radical (unpaired) electrons.